The predicted molar refractivity (Wildman–Crippen MR) is 120 cm³/mol. The maximum absolute atomic E-state index is 10.9. The summed E-state index contributed by atoms with van der Waals surface area (Å²) in [6.45, 7) is 1.04. The van der Waals surface area contributed by atoms with Gasteiger partial charge in [0.15, 0.2) is 5.76 Å². The summed E-state index contributed by atoms with van der Waals surface area (Å²) in [7, 11) is 3.94. The molecule has 6 atom stereocenters. The lowest BCUT2D eigenvalue weighted by molar-refractivity contribution is -0.384. The topological polar surface area (TPSA) is 89.2 Å². The molecule has 8 nitrogen and oxygen atoms in total. The van der Waals surface area contributed by atoms with Crippen molar-refractivity contribution in [3.8, 4) is 0 Å². The number of nitrogens with one attached hydrogen (secondary N) is 1. The maximum Gasteiger partial charge on any atom is 0.269 e. The maximum atomic E-state index is 10.9. The van der Waals surface area contributed by atoms with Gasteiger partial charge in [-0.05, 0) is 56.6 Å². The Hall–Kier alpha value is -3.13. The minimum atomic E-state index is -0.405. The lowest BCUT2D eigenvalue weighted by Gasteiger charge is -2.59. The van der Waals surface area contributed by atoms with Crippen molar-refractivity contribution < 1.29 is 14.4 Å². The molecule has 1 aromatic carbocycles. The van der Waals surface area contributed by atoms with Crippen LogP contribution in [0, 0.1) is 33.3 Å². The van der Waals surface area contributed by atoms with E-state index in [9.17, 15) is 10.1 Å². The van der Waals surface area contributed by atoms with Gasteiger partial charge in [0, 0.05) is 35.4 Å². The number of rotatable bonds is 4. The van der Waals surface area contributed by atoms with Gasteiger partial charge >= 0.3 is 0 Å². The number of hydrazone groups is 1. The summed E-state index contributed by atoms with van der Waals surface area (Å²) in [4.78, 5) is 13.0. The summed E-state index contributed by atoms with van der Waals surface area (Å²) in [5.41, 5.74) is 4.67. The van der Waals surface area contributed by atoms with Crippen LogP contribution in [0.1, 0.15) is 12.8 Å². The van der Waals surface area contributed by atoms with E-state index in [4.69, 9.17) is 14.6 Å². The van der Waals surface area contributed by atoms with Crippen LogP contribution in [0.2, 0.25) is 0 Å². The number of nitro benzene ring substituents is 1. The molecule has 1 aromatic rings. The Morgan fingerprint density at radius 3 is 2.84 bits per heavy atom. The minimum Gasteiger partial charge on any atom is -0.493 e. The van der Waals surface area contributed by atoms with Gasteiger partial charge in [-0.15, -0.1) is 0 Å². The highest BCUT2D eigenvalue weighted by molar-refractivity contribution is 6.01. The number of anilines is 1. The lowest BCUT2D eigenvalue weighted by Crippen LogP contribution is -2.64. The van der Waals surface area contributed by atoms with Gasteiger partial charge in [0.1, 0.15) is 17.6 Å². The zero-order valence-corrected chi connectivity index (χ0v) is 18.1. The fraction of sp³-hybridized carbons (Fsp3) is 0.458. The van der Waals surface area contributed by atoms with E-state index in [0.29, 0.717) is 29.5 Å². The van der Waals surface area contributed by atoms with Crippen LogP contribution in [0.4, 0.5) is 11.4 Å². The number of non-ortho nitro benzene ring substituents is 1. The van der Waals surface area contributed by atoms with Crippen molar-refractivity contribution in [2.24, 2.45) is 28.3 Å². The van der Waals surface area contributed by atoms with E-state index in [-0.39, 0.29) is 17.2 Å². The molecule has 2 heterocycles. The average Bonchev–Trinajstić information content (AvgIpc) is 3.16. The van der Waals surface area contributed by atoms with Crippen molar-refractivity contribution in [3.05, 3.63) is 70.2 Å². The molecule has 6 rings (SSSR count). The molecule has 166 valence electrons. The highest BCUT2D eigenvalue weighted by Crippen LogP contribution is 2.66. The molecule has 8 heteroatoms. The first-order valence-corrected chi connectivity index (χ1v) is 11.1. The van der Waals surface area contributed by atoms with Crippen LogP contribution in [0.3, 0.4) is 0 Å². The van der Waals surface area contributed by atoms with Gasteiger partial charge in [0.05, 0.1) is 17.7 Å². The zero-order valence-electron chi connectivity index (χ0n) is 18.1. The lowest BCUT2D eigenvalue weighted by atomic mass is 9.48. The van der Waals surface area contributed by atoms with Gasteiger partial charge in [-0.3, -0.25) is 15.5 Å². The molecule has 5 aliphatic rings. The summed E-state index contributed by atoms with van der Waals surface area (Å²) in [6.07, 6.45) is 10.8. The van der Waals surface area contributed by atoms with Gasteiger partial charge in [-0.1, -0.05) is 12.2 Å². The van der Waals surface area contributed by atoms with Crippen molar-refractivity contribution in [1.29, 1.82) is 0 Å². The van der Waals surface area contributed by atoms with E-state index in [1.54, 1.807) is 19.2 Å². The number of nitro groups is 1. The van der Waals surface area contributed by atoms with E-state index in [1.807, 2.05) is 0 Å². The Balaban J connectivity index is 1.39. The number of allylic oxidation sites excluding steroid dienone is 3. The van der Waals surface area contributed by atoms with E-state index in [1.165, 1.54) is 12.1 Å². The monoisotopic (exact) mass is 434 g/mol. The summed E-state index contributed by atoms with van der Waals surface area (Å²) in [6, 6.07) is 6.78. The van der Waals surface area contributed by atoms with Crippen molar-refractivity contribution in [1.82, 2.24) is 4.90 Å². The molecular weight excluding hydrogens is 408 g/mol. The van der Waals surface area contributed by atoms with Crippen LogP contribution in [-0.4, -0.2) is 48.4 Å². The molecular formula is C24H26N4O4. The van der Waals surface area contributed by atoms with Crippen molar-refractivity contribution in [2.75, 3.05) is 26.1 Å². The molecule has 1 N–H and O–H groups in total. The zero-order chi connectivity index (χ0) is 22.0. The Kier molecular flexibility index (Phi) is 4.24. The molecule has 0 amide bonds. The van der Waals surface area contributed by atoms with Crippen LogP contribution in [-0.2, 0) is 9.47 Å². The molecule has 3 aliphatic carbocycles. The fourth-order valence-electron chi connectivity index (χ4n) is 6.73. The van der Waals surface area contributed by atoms with Crippen molar-refractivity contribution >= 4 is 17.1 Å². The Labute approximate surface area is 186 Å². The SMILES string of the molecule is COC1=C2O[C@H]3C(=NNc4ccc([N+](=O)[O-])cc4)C=C[C@H]4[C@H]5CC(C=C1)C2[C@@]34CCN5C. The summed E-state index contributed by atoms with van der Waals surface area (Å²) in [5.74, 6) is 2.96. The molecule has 2 aliphatic heterocycles. The molecule has 2 bridgehead atoms. The van der Waals surface area contributed by atoms with Crippen LogP contribution in [0.25, 0.3) is 0 Å². The van der Waals surface area contributed by atoms with Gasteiger partial charge in [0.25, 0.3) is 5.69 Å². The van der Waals surface area contributed by atoms with Crippen LogP contribution < -0.4 is 5.43 Å². The fourth-order valence-corrected chi connectivity index (χ4v) is 6.73. The smallest absolute Gasteiger partial charge is 0.269 e. The number of benzene rings is 1. The largest absolute Gasteiger partial charge is 0.493 e. The predicted octanol–water partition coefficient (Wildman–Crippen LogP) is 3.70. The molecule has 0 aromatic heterocycles. The van der Waals surface area contributed by atoms with Crippen molar-refractivity contribution in [2.45, 2.75) is 25.0 Å². The first kappa shape index (κ1) is 19.5. The highest BCUT2D eigenvalue weighted by atomic mass is 16.6. The quantitative estimate of drug-likeness (QED) is 0.574. The Morgan fingerprint density at radius 2 is 2.09 bits per heavy atom. The van der Waals surface area contributed by atoms with Crippen LogP contribution >= 0.6 is 0 Å². The number of ether oxygens (including phenoxy) is 2. The number of methoxy groups -OCH3 is 1. The summed E-state index contributed by atoms with van der Waals surface area (Å²) in [5, 5.41) is 15.6. The molecule has 1 spiro atoms. The van der Waals surface area contributed by atoms with Gasteiger partial charge in [0.2, 0.25) is 0 Å². The summed E-state index contributed by atoms with van der Waals surface area (Å²) < 4.78 is 12.4. The Bertz CT molecular complexity index is 1090. The molecule has 2 unspecified atom stereocenters. The molecule has 2 saturated heterocycles. The second-order valence-corrected chi connectivity index (χ2v) is 9.41. The third-order valence-electron chi connectivity index (χ3n) is 8.13. The van der Waals surface area contributed by atoms with E-state index in [2.05, 4.69) is 41.7 Å². The third kappa shape index (κ3) is 2.56. The van der Waals surface area contributed by atoms with Gasteiger partial charge in [-0.2, -0.15) is 5.10 Å². The molecule has 32 heavy (non-hydrogen) atoms. The number of hydrogen-bond acceptors (Lipinski definition) is 7. The van der Waals surface area contributed by atoms with E-state index < -0.39 is 4.92 Å². The van der Waals surface area contributed by atoms with E-state index in [0.717, 1.165) is 36.6 Å². The standard InChI is InChI=1S/C24H26N4O4/c1-27-12-11-24-17-8-9-18(26-25-15-4-6-16(7-5-15)28(29)30)23(24)32-22-20(31-2)10-3-14(21(22)24)13-19(17)27/h3-10,14,17,19,21,23,25H,11-13H2,1-2H3/t14?,17-,19+,21?,23-,24-/m0/s1. The molecule has 3 fully saturated rings. The molecule has 1 saturated carbocycles. The van der Waals surface area contributed by atoms with Gasteiger partial charge < -0.3 is 14.4 Å². The number of piperidine rings is 1. The van der Waals surface area contributed by atoms with E-state index >= 15 is 0 Å². The number of hydrogen-bond donors (Lipinski definition) is 1. The van der Waals surface area contributed by atoms with Crippen molar-refractivity contribution in [3.63, 3.8) is 0 Å². The first-order valence-electron chi connectivity index (χ1n) is 11.1. The summed E-state index contributed by atoms with van der Waals surface area (Å²) >= 11 is 0. The first-order chi connectivity index (χ1) is 15.5. The van der Waals surface area contributed by atoms with Gasteiger partial charge in [-0.25, -0.2) is 0 Å². The van der Waals surface area contributed by atoms with Crippen LogP contribution in [0.15, 0.2) is 65.2 Å². The van der Waals surface area contributed by atoms with Crippen LogP contribution in [0.5, 0.6) is 0 Å². The normalized spacial score (nSPS) is 37.8. The third-order valence-corrected chi connectivity index (χ3v) is 8.13. The number of nitrogens with zero attached hydrogens (tertiary/aromatic N) is 3. The minimum absolute atomic E-state index is 0.0330. The Morgan fingerprint density at radius 1 is 1.28 bits per heavy atom. The molecule has 0 radical (unpaired) electrons. The average molecular weight is 434 g/mol. The number of likely N-dealkylation sites (tertiary alicyclic amines) is 1. The highest BCUT2D eigenvalue weighted by Gasteiger charge is 2.69. The second-order valence-electron chi connectivity index (χ2n) is 9.41. The second kappa shape index (κ2) is 6.93.